The topological polar surface area (TPSA) is 49.0 Å². The number of para-hydroxylation sites is 1. The van der Waals surface area contributed by atoms with Crippen molar-refractivity contribution in [2.24, 2.45) is 0 Å². The van der Waals surface area contributed by atoms with Gasteiger partial charge in [-0.1, -0.05) is 60.3 Å². The van der Waals surface area contributed by atoms with E-state index in [2.05, 4.69) is 17.1 Å². The maximum absolute atomic E-state index is 12.7. The van der Waals surface area contributed by atoms with Crippen LogP contribution in [0.5, 0.6) is 0 Å². The van der Waals surface area contributed by atoms with Crippen LogP contribution in [0.2, 0.25) is 0 Å². The van der Waals surface area contributed by atoms with Crippen LogP contribution in [0.1, 0.15) is 23.9 Å². The molecular formula is C21H23N3OS. The van der Waals surface area contributed by atoms with Gasteiger partial charge in [-0.3, -0.25) is 4.79 Å². The molecule has 1 heterocycles. The number of rotatable bonds is 6. The molecule has 1 atom stereocenters. The molecule has 0 fully saturated rings. The lowest BCUT2D eigenvalue weighted by molar-refractivity contribution is -0.117. The number of nitrogens with zero attached hydrogens (tertiary/aromatic N) is 2. The van der Waals surface area contributed by atoms with E-state index in [0.29, 0.717) is 0 Å². The number of H-pyrrole nitrogens is 1. The van der Waals surface area contributed by atoms with E-state index in [1.165, 1.54) is 17.3 Å². The minimum atomic E-state index is -0.227. The van der Waals surface area contributed by atoms with Gasteiger partial charge in [0.25, 0.3) is 0 Å². The summed E-state index contributed by atoms with van der Waals surface area (Å²) in [4.78, 5) is 22.4. The summed E-state index contributed by atoms with van der Waals surface area (Å²) in [5, 5.41) is 0.561. The summed E-state index contributed by atoms with van der Waals surface area (Å²) in [6, 6.07) is 20.0. The van der Waals surface area contributed by atoms with Crippen LogP contribution in [-0.2, 0) is 11.2 Å². The van der Waals surface area contributed by atoms with E-state index in [4.69, 9.17) is 4.98 Å². The third-order valence-electron chi connectivity index (χ3n) is 4.29. The number of anilines is 1. The van der Waals surface area contributed by atoms with Crippen LogP contribution in [0.3, 0.4) is 0 Å². The van der Waals surface area contributed by atoms with Gasteiger partial charge >= 0.3 is 0 Å². The second-order valence-electron chi connectivity index (χ2n) is 6.27. The zero-order valence-electron chi connectivity index (χ0n) is 15.3. The van der Waals surface area contributed by atoms with Crippen molar-refractivity contribution < 1.29 is 4.79 Å². The molecule has 0 bridgehead atoms. The van der Waals surface area contributed by atoms with E-state index in [1.807, 2.05) is 69.4 Å². The Morgan fingerprint density at radius 3 is 2.38 bits per heavy atom. The van der Waals surface area contributed by atoms with Crippen molar-refractivity contribution in [3.05, 3.63) is 77.6 Å². The number of aromatic amines is 1. The molecule has 3 rings (SSSR count). The number of hydrogen-bond donors (Lipinski definition) is 1. The van der Waals surface area contributed by atoms with E-state index in [0.717, 1.165) is 28.7 Å². The van der Waals surface area contributed by atoms with Gasteiger partial charge in [-0.2, -0.15) is 0 Å². The molecule has 26 heavy (non-hydrogen) atoms. The first-order valence-corrected chi connectivity index (χ1v) is 9.51. The maximum atomic E-state index is 12.7. The fourth-order valence-corrected chi connectivity index (χ4v) is 3.72. The summed E-state index contributed by atoms with van der Waals surface area (Å²) in [7, 11) is 1.81. The minimum Gasteiger partial charge on any atom is -0.337 e. The first-order valence-electron chi connectivity index (χ1n) is 8.63. The predicted octanol–water partition coefficient (Wildman–Crippen LogP) is 4.45. The smallest absolute Gasteiger partial charge is 0.240 e. The van der Waals surface area contributed by atoms with Crippen molar-refractivity contribution in [3.63, 3.8) is 0 Å². The number of thioether (sulfide) groups is 1. The molecule has 3 aromatic rings. The van der Waals surface area contributed by atoms with Crippen LogP contribution in [0.4, 0.5) is 5.69 Å². The molecular weight excluding hydrogens is 342 g/mol. The van der Waals surface area contributed by atoms with Gasteiger partial charge in [-0.05, 0) is 31.5 Å². The molecule has 0 aliphatic heterocycles. The molecule has 0 unspecified atom stereocenters. The summed E-state index contributed by atoms with van der Waals surface area (Å²) < 4.78 is 0. The Balaban J connectivity index is 1.67. The number of nitrogens with one attached hydrogen (secondary N) is 1. The molecule has 4 nitrogen and oxygen atoms in total. The molecule has 0 saturated carbocycles. The average molecular weight is 366 g/mol. The minimum absolute atomic E-state index is 0.0554. The number of benzene rings is 2. The van der Waals surface area contributed by atoms with Gasteiger partial charge in [-0.25, -0.2) is 4.98 Å². The fourth-order valence-electron chi connectivity index (χ4n) is 2.75. The van der Waals surface area contributed by atoms with Crippen LogP contribution < -0.4 is 4.90 Å². The highest BCUT2D eigenvalue weighted by Crippen LogP contribution is 2.25. The normalized spacial score (nSPS) is 12.0. The van der Waals surface area contributed by atoms with Crippen molar-refractivity contribution in [1.82, 2.24) is 9.97 Å². The van der Waals surface area contributed by atoms with Gasteiger partial charge in [0.05, 0.1) is 10.9 Å². The molecule has 0 aliphatic rings. The zero-order chi connectivity index (χ0) is 18.5. The second-order valence-corrected chi connectivity index (χ2v) is 7.60. The first kappa shape index (κ1) is 18.3. The number of aryl methyl sites for hydroxylation is 1. The van der Waals surface area contributed by atoms with E-state index in [9.17, 15) is 4.79 Å². The van der Waals surface area contributed by atoms with Gasteiger partial charge in [0.15, 0.2) is 5.16 Å². The van der Waals surface area contributed by atoms with Crippen LogP contribution >= 0.6 is 11.8 Å². The van der Waals surface area contributed by atoms with Crippen molar-refractivity contribution in [1.29, 1.82) is 0 Å². The molecule has 1 amide bonds. The molecule has 1 N–H and O–H groups in total. The Labute approximate surface area is 158 Å². The summed E-state index contributed by atoms with van der Waals surface area (Å²) in [6.07, 6.45) is 0.788. The average Bonchev–Trinajstić information content (AvgIpc) is 3.00. The zero-order valence-corrected chi connectivity index (χ0v) is 16.1. The molecule has 0 spiro atoms. The summed E-state index contributed by atoms with van der Waals surface area (Å²) in [5.74, 6) is 0.0554. The third-order valence-corrected chi connectivity index (χ3v) is 5.26. The predicted molar refractivity (Wildman–Crippen MR) is 108 cm³/mol. The van der Waals surface area contributed by atoms with Crippen molar-refractivity contribution in [2.45, 2.75) is 30.7 Å². The molecule has 134 valence electrons. The van der Waals surface area contributed by atoms with E-state index < -0.39 is 0 Å². The monoisotopic (exact) mass is 365 g/mol. The summed E-state index contributed by atoms with van der Waals surface area (Å²) >= 11 is 1.46. The number of carbonyl (C=O) groups is 1. The Kier molecular flexibility index (Phi) is 5.78. The summed E-state index contributed by atoms with van der Waals surface area (Å²) in [5.41, 5.74) is 4.19. The standard InChI is InChI=1S/C21H23N3OS/c1-15-19(14-17-10-6-4-7-11-17)23-21(22-15)26-16(2)20(25)24(3)18-12-8-5-9-13-18/h4-13,16H,14H2,1-3H3,(H,22,23)/t16-/m1/s1. The Hall–Kier alpha value is -2.53. The molecule has 0 aliphatic carbocycles. The number of amides is 1. The third kappa shape index (κ3) is 4.35. The Morgan fingerprint density at radius 2 is 1.73 bits per heavy atom. The number of carbonyl (C=O) groups excluding carboxylic acids is 1. The molecule has 2 aromatic carbocycles. The van der Waals surface area contributed by atoms with Crippen molar-refractivity contribution >= 4 is 23.4 Å². The quantitative estimate of drug-likeness (QED) is 0.657. The largest absolute Gasteiger partial charge is 0.337 e. The molecule has 0 saturated heterocycles. The highest BCUT2D eigenvalue weighted by molar-refractivity contribution is 8.00. The van der Waals surface area contributed by atoms with Gasteiger partial charge < -0.3 is 9.88 Å². The lowest BCUT2D eigenvalue weighted by Crippen LogP contribution is -2.33. The Morgan fingerprint density at radius 1 is 1.12 bits per heavy atom. The lowest BCUT2D eigenvalue weighted by atomic mass is 10.1. The highest BCUT2D eigenvalue weighted by atomic mass is 32.2. The molecule has 5 heteroatoms. The highest BCUT2D eigenvalue weighted by Gasteiger charge is 2.21. The van der Waals surface area contributed by atoms with Crippen LogP contribution in [-0.4, -0.2) is 28.2 Å². The molecule has 1 aromatic heterocycles. The van der Waals surface area contributed by atoms with Gasteiger partial charge in [0, 0.05) is 24.8 Å². The maximum Gasteiger partial charge on any atom is 0.240 e. The molecule has 0 radical (unpaired) electrons. The van der Waals surface area contributed by atoms with Gasteiger partial charge in [0.2, 0.25) is 5.91 Å². The van der Waals surface area contributed by atoms with Gasteiger partial charge in [0.1, 0.15) is 0 Å². The number of hydrogen-bond acceptors (Lipinski definition) is 3. The van der Waals surface area contributed by atoms with Crippen LogP contribution in [0.25, 0.3) is 0 Å². The van der Waals surface area contributed by atoms with Crippen LogP contribution in [0.15, 0.2) is 65.8 Å². The fraction of sp³-hybridized carbons (Fsp3) is 0.238. The number of aromatic nitrogens is 2. The van der Waals surface area contributed by atoms with E-state index in [-0.39, 0.29) is 11.2 Å². The Bertz CT molecular complexity index is 861. The van der Waals surface area contributed by atoms with Gasteiger partial charge in [-0.15, -0.1) is 0 Å². The number of imidazole rings is 1. The lowest BCUT2D eigenvalue weighted by Gasteiger charge is -2.20. The second kappa shape index (κ2) is 8.23. The van der Waals surface area contributed by atoms with Crippen molar-refractivity contribution in [2.75, 3.05) is 11.9 Å². The summed E-state index contributed by atoms with van der Waals surface area (Å²) in [6.45, 7) is 3.94. The van der Waals surface area contributed by atoms with Crippen LogP contribution in [0, 0.1) is 6.92 Å². The van der Waals surface area contributed by atoms with E-state index >= 15 is 0 Å². The first-order chi connectivity index (χ1) is 12.5. The SMILES string of the molecule is Cc1[nH]c(S[C@H](C)C(=O)N(C)c2ccccc2)nc1Cc1ccccc1. The van der Waals surface area contributed by atoms with E-state index in [1.54, 1.807) is 4.90 Å². The van der Waals surface area contributed by atoms with Crippen molar-refractivity contribution in [3.8, 4) is 0 Å².